The number of thioether (sulfide) groups is 1. The van der Waals surface area contributed by atoms with E-state index < -0.39 is 0 Å². The summed E-state index contributed by atoms with van der Waals surface area (Å²) < 4.78 is 8.03. The molecule has 6 nitrogen and oxygen atoms in total. The Morgan fingerprint density at radius 2 is 1.96 bits per heavy atom. The first-order valence-electron chi connectivity index (χ1n) is 7.46. The third-order valence-corrected chi connectivity index (χ3v) is 4.70. The summed E-state index contributed by atoms with van der Waals surface area (Å²) in [5.74, 6) is 1.62. The van der Waals surface area contributed by atoms with E-state index in [1.54, 1.807) is 11.0 Å². The van der Waals surface area contributed by atoms with Crippen LogP contribution in [0, 0.1) is 0 Å². The Morgan fingerprint density at radius 3 is 2.80 bits per heavy atom. The van der Waals surface area contributed by atoms with Gasteiger partial charge in [-0.05, 0) is 24.3 Å². The smallest absolute Gasteiger partial charge is 0.237 e. The molecule has 124 valence electrons. The van der Waals surface area contributed by atoms with Crippen molar-refractivity contribution >= 4 is 27.7 Å². The lowest BCUT2D eigenvalue weighted by molar-refractivity contribution is 0.391. The van der Waals surface area contributed by atoms with E-state index in [0.717, 1.165) is 15.7 Å². The largest absolute Gasteiger partial charge is 0.338 e. The second-order valence-electron chi connectivity index (χ2n) is 5.12. The summed E-state index contributed by atoms with van der Waals surface area (Å²) in [5, 5.41) is 9.13. The van der Waals surface area contributed by atoms with Crippen LogP contribution in [0.15, 0.2) is 75.1 Å². The van der Waals surface area contributed by atoms with Gasteiger partial charge in [0.1, 0.15) is 6.33 Å². The van der Waals surface area contributed by atoms with Crippen LogP contribution in [0.2, 0.25) is 0 Å². The highest BCUT2D eigenvalue weighted by molar-refractivity contribution is 9.10. The summed E-state index contributed by atoms with van der Waals surface area (Å²) in [6.45, 7) is 0. The quantitative estimate of drug-likeness (QED) is 0.452. The monoisotopic (exact) mass is 413 g/mol. The Bertz CT molecular complexity index is 985. The Hall–Kier alpha value is -2.45. The average molecular weight is 414 g/mol. The lowest BCUT2D eigenvalue weighted by Crippen LogP contribution is -1.93. The maximum atomic E-state index is 5.31. The predicted molar refractivity (Wildman–Crippen MR) is 98.4 cm³/mol. The third-order valence-electron chi connectivity index (χ3n) is 3.37. The summed E-state index contributed by atoms with van der Waals surface area (Å²) in [6.07, 6.45) is 1.69. The van der Waals surface area contributed by atoms with E-state index in [4.69, 9.17) is 4.52 Å². The number of para-hydroxylation sites is 1. The van der Waals surface area contributed by atoms with Gasteiger partial charge in [0.05, 0.1) is 11.4 Å². The lowest BCUT2D eigenvalue weighted by atomic mass is 10.2. The van der Waals surface area contributed by atoms with Gasteiger partial charge >= 0.3 is 0 Å². The molecule has 0 amide bonds. The lowest BCUT2D eigenvalue weighted by Gasteiger charge is -1.97. The van der Waals surface area contributed by atoms with Crippen LogP contribution in [0.1, 0.15) is 5.89 Å². The van der Waals surface area contributed by atoms with Crippen molar-refractivity contribution in [1.29, 1.82) is 0 Å². The zero-order valence-electron chi connectivity index (χ0n) is 12.9. The van der Waals surface area contributed by atoms with Crippen molar-refractivity contribution in [3.63, 3.8) is 0 Å². The molecule has 0 radical (unpaired) electrons. The van der Waals surface area contributed by atoms with Crippen LogP contribution in [0.25, 0.3) is 17.1 Å². The number of benzene rings is 2. The van der Waals surface area contributed by atoms with Crippen LogP contribution < -0.4 is 0 Å². The number of halogens is 1. The molecule has 2 aromatic carbocycles. The van der Waals surface area contributed by atoms with Gasteiger partial charge in [0, 0.05) is 10.0 Å². The minimum absolute atomic E-state index is 0.514. The maximum Gasteiger partial charge on any atom is 0.237 e. The maximum absolute atomic E-state index is 5.31. The molecule has 4 rings (SSSR count). The molecule has 0 atom stereocenters. The predicted octanol–water partition coefficient (Wildman–Crippen LogP) is 4.37. The molecule has 8 heteroatoms. The van der Waals surface area contributed by atoms with E-state index in [9.17, 15) is 0 Å². The average Bonchev–Trinajstić information content (AvgIpc) is 3.30. The van der Waals surface area contributed by atoms with Gasteiger partial charge < -0.3 is 4.52 Å². The van der Waals surface area contributed by atoms with Crippen LogP contribution >= 0.6 is 27.7 Å². The first-order chi connectivity index (χ1) is 12.3. The molecule has 2 aromatic heterocycles. The molecule has 2 heterocycles. The van der Waals surface area contributed by atoms with Crippen molar-refractivity contribution in [3.05, 3.63) is 71.3 Å². The fourth-order valence-electron chi connectivity index (χ4n) is 2.20. The molecule has 25 heavy (non-hydrogen) atoms. The number of nitrogens with zero attached hydrogens (tertiary/aromatic N) is 5. The highest BCUT2D eigenvalue weighted by Crippen LogP contribution is 2.23. The van der Waals surface area contributed by atoms with Gasteiger partial charge in [-0.25, -0.2) is 9.67 Å². The molecule has 0 aliphatic rings. The van der Waals surface area contributed by atoms with Crippen molar-refractivity contribution in [2.45, 2.75) is 10.9 Å². The standard InChI is InChI=1S/C17H12BrN5OS/c18-13-6-4-5-12(9-13)16-20-15(24-22-16)10-25-17-19-11-23(21-17)14-7-2-1-3-8-14/h1-9,11H,10H2. The summed E-state index contributed by atoms with van der Waals surface area (Å²) in [4.78, 5) is 8.72. The second kappa shape index (κ2) is 7.20. The SMILES string of the molecule is Brc1cccc(-c2noc(CSc3ncn(-c4ccccc4)n3)n2)c1. The molecule has 0 aliphatic heterocycles. The summed E-state index contributed by atoms with van der Waals surface area (Å²) in [5.41, 5.74) is 1.87. The molecule has 4 aromatic rings. The van der Waals surface area contributed by atoms with Gasteiger partial charge in [0.2, 0.25) is 16.9 Å². The Balaban J connectivity index is 1.43. The second-order valence-corrected chi connectivity index (χ2v) is 6.98. The number of aromatic nitrogens is 5. The topological polar surface area (TPSA) is 69.6 Å². The van der Waals surface area contributed by atoms with Crippen molar-refractivity contribution < 1.29 is 4.52 Å². The zero-order valence-corrected chi connectivity index (χ0v) is 15.3. The van der Waals surface area contributed by atoms with Crippen LogP contribution in [0.3, 0.4) is 0 Å². The van der Waals surface area contributed by atoms with Crippen molar-refractivity contribution in [2.24, 2.45) is 0 Å². The summed E-state index contributed by atoms with van der Waals surface area (Å²) in [6, 6.07) is 17.6. The molecule has 0 unspecified atom stereocenters. The van der Waals surface area contributed by atoms with E-state index in [1.807, 2.05) is 54.6 Å². The van der Waals surface area contributed by atoms with Crippen LogP contribution in [0.5, 0.6) is 0 Å². The Labute approximate surface area is 156 Å². The van der Waals surface area contributed by atoms with Gasteiger partial charge in [0.15, 0.2) is 0 Å². The van der Waals surface area contributed by atoms with Gasteiger partial charge in [-0.2, -0.15) is 4.98 Å². The normalized spacial score (nSPS) is 10.9. The van der Waals surface area contributed by atoms with E-state index in [2.05, 4.69) is 36.2 Å². The van der Waals surface area contributed by atoms with Crippen LogP contribution in [-0.4, -0.2) is 24.9 Å². The van der Waals surface area contributed by atoms with E-state index >= 15 is 0 Å². The minimum atomic E-state index is 0.514. The van der Waals surface area contributed by atoms with E-state index in [-0.39, 0.29) is 0 Å². The minimum Gasteiger partial charge on any atom is -0.338 e. The molecular weight excluding hydrogens is 402 g/mol. The molecule has 0 bridgehead atoms. The van der Waals surface area contributed by atoms with Gasteiger partial charge in [-0.3, -0.25) is 0 Å². The van der Waals surface area contributed by atoms with E-state index in [1.165, 1.54) is 11.8 Å². The van der Waals surface area contributed by atoms with Gasteiger partial charge in [-0.15, -0.1) is 5.10 Å². The summed E-state index contributed by atoms with van der Waals surface area (Å²) >= 11 is 4.89. The molecule has 0 saturated heterocycles. The highest BCUT2D eigenvalue weighted by atomic mass is 79.9. The number of hydrogen-bond donors (Lipinski definition) is 0. The zero-order chi connectivity index (χ0) is 17.1. The number of rotatable bonds is 5. The first-order valence-corrected chi connectivity index (χ1v) is 9.24. The van der Waals surface area contributed by atoms with Gasteiger partial charge in [-0.1, -0.05) is 63.2 Å². The number of hydrogen-bond acceptors (Lipinski definition) is 6. The molecule has 0 fully saturated rings. The Kier molecular flexibility index (Phi) is 4.62. The first kappa shape index (κ1) is 16.0. The van der Waals surface area contributed by atoms with Crippen LogP contribution in [0.4, 0.5) is 0 Å². The Morgan fingerprint density at radius 1 is 1.08 bits per heavy atom. The fraction of sp³-hybridized carbons (Fsp3) is 0.0588. The highest BCUT2D eigenvalue weighted by Gasteiger charge is 2.11. The molecular formula is C17H12BrN5OS. The van der Waals surface area contributed by atoms with Crippen LogP contribution in [-0.2, 0) is 5.75 Å². The third kappa shape index (κ3) is 3.80. The molecule has 0 N–H and O–H groups in total. The molecule has 0 saturated carbocycles. The van der Waals surface area contributed by atoms with Crippen molar-refractivity contribution in [3.8, 4) is 17.1 Å². The summed E-state index contributed by atoms with van der Waals surface area (Å²) in [7, 11) is 0. The molecule has 0 aliphatic carbocycles. The fourth-order valence-corrected chi connectivity index (χ4v) is 3.24. The van der Waals surface area contributed by atoms with Gasteiger partial charge in [0.25, 0.3) is 0 Å². The van der Waals surface area contributed by atoms with Crippen molar-refractivity contribution in [2.75, 3.05) is 0 Å². The van der Waals surface area contributed by atoms with E-state index in [0.29, 0.717) is 22.6 Å². The van der Waals surface area contributed by atoms with Crippen molar-refractivity contribution in [1.82, 2.24) is 24.9 Å². The molecule has 0 spiro atoms.